The molecule has 1 heterocycles. The molecule has 1 unspecified atom stereocenters. The van der Waals surface area contributed by atoms with Crippen molar-refractivity contribution in [3.05, 3.63) is 42.0 Å². The Hall–Kier alpha value is -1.10. The lowest BCUT2D eigenvalue weighted by atomic mass is 10.0. The first-order valence-corrected chi connectivity index (χ1v) is 9.43. The van der Waals surface area contributed by atoms with Gasteiger partial charge >= 0.3 is 0 Å². The number of hydrogen-bond donors (Lipinski definition) is 2. The van der Waals surface area contributed by atoms with Crippen LogP contribution in [0.25, 0.3) is 0 Å². The van der Waals surface area contributed by atoms with Gasteiger partial charge in [0.05, 0.1) is 0 Å². The van der Waals surface area contributed by atoms with Gasteiger partial charge in [-0.05, 0) is 42.7 Å². The fourth-order valence-electron chi connectivity index (χ4n) is 2.69. The van der Waals surface area contributed by atoms with Crippen molar-refractivity contribution >= 4 is 29.2 Å². The second-order valence-corrected chi connectivity index (χ2v) is 7.90. The summed E-state index contributed by atoms with van der Waals surface area (Å²) in [5.74, 6) is 0. The molecule has 0 radical (unpaired) electrons. The third-order valence-corrected chi connectivity index (χ3v) is 6.51. The predicted octanol–water partition coefficient (Wildman–Crippen LogP) is 4.94. The van der Waals surface area contributed by atoms with E-state index in [0.29, 0.717) is 0 Å². The molecule has 2 nitrogen and oxygen atoms in total. The first kappa shape index (κ1) is 15.8. The first-order chi connectivity index (χ1) is 10.7. The number of anilines is 1. The molecule has 1 aliphatic rings. The lowest BCUT2D eigenvalue weighted by Crippen LogP contribution is -2.23. The zero-order valence-electron chi connectivity index (χ0n) is 12.8. The van der Waals surface area contributed by atoms with Crippen molar-refractivity contribution in [1.82, 2.24) is 0 Å². The fraction of sp³-hybridized carbons (Fsp3) is 0.333. The van der Waals surface area contributed by atoms with E-state index >= 15 is 0 Å². The maximum atomic E-state index is 6.31. The van der Waals surface area contributed by atoms with Crippen molar-refractivity contribution in [2.45, 2.75) is 58.2 Å². The molecule has 0 aliphatic carbocycles. The van der Waals surface area contributed by atoms with Gasteiger partial charge in [0.2, 0.25) is 0 Å². The molecular formula is C18H22N2S2. The molecular weight excluding hydrogens is 308 g/mol. The Kier molecular flexibility index (Phi) is 5.01. The van der Waals surface area contributed by atoms with Gasteiger partial charge in [-0.15, -0.1) is 0 Å². The lowest BCUT2D eigenvalue weighted by molar-refractivity contribution is 0.570. The summed E-state index contributed by atoms with van der Waals surface area (Å²) in [5, 5.41) is 0. The predicted molar refractivity (Wildman–Crippen MR) is 96.7 cm³/mol. The van der Waals surface area contributed by atoms with Gasteiger partial charge in [0.25, 0.3) is 0 Å². The Morgan fingerprint density at radius 1 is 1.05 bits per heavy atom. The van der Waals surface area contributed by atoms with Crippen LogP contribution >= 0.6 is 23.5 Å². The molecule has 4 N–H and O–H groups in total. The second-order valence-electron chi connectivity index (χ2n) is 5.76. The molecule has 3 rings (SSSR count). The van der Waals surface area contributed by atoms with Crippen LogP contribution in [0.2, 0.25) is 0 Å². The average molecular weight is 331 g/mol. The van der Waals surface area contributed by atoms with Crippen LogP contribution in [0, 0.1) is 0 Å². The van der Waals surface area contributed by atoms with Crippen molar-refractivity contribution in [2.24, 2.45) is 5.73 Å². The summed E-state index contributed by atoms with van der Waals surface area (Å²) in [6.07, 6.45) is 4.48. The molecule has 0 saturated carbocycles. The molecule has 0 spiro atoms. The normalized spacial score (nSPS) is 14.3. The fourth-order valence-corrected chi connectivity index (χ4v) is 5.12. The van der Waals surface area contributed by atoms with Crippen molar-refractivity contribution in [2.75, 3.05) is 5.73 Å². The minimum absolute atomic E-state index is 0.255. The minimum Gasteiger partial charge on any atom is -0.399 e. The molecule has 1 atom stereocenters. The minimum atomic E-state index is 0.255. The van der Waals surface area contributed by atoms with E-state index in [1.54, 1.807) is 0 Å². The highest BCUT2D eigenvalue weighted by atomic mass is 32.2. The van der Waals surface area contributed by atoms with E-state index in [4.69, 9.17) is 11.5 Å². The number of benzene rings is 2. The Morgan fingerprint density at radius 3 is 2.73 bits per heavy atom. The lowest BCUT2D eigenvalue weighted by Gasteiger charge is -2.22. The van der Waals surface area contributed by atoms with Crippen molar-refractivity contribution in [3.8, 4) is 0 Å². The van der Waals surface area contributed by atoms with E-state index in [1.807, 2.05) is 29.6 Å². The van der Waals surface area contributed by atoms with Crippen LogP contribution in [0.3, 0.4) is 0 Å². The summed E-state index contributed by atoms with van der Waals surface area (Å²) in [7, 11) is 0. The molecule has 0 aromatic heterocycles. The van der Waals surface area contributed by atoms with Crippen molar-refractivity contribution in [3.63, 3.8) is 0 Å². The van der Waals surface area contributed by atoms with Crippen molar-refractivity contribution in [1.29, 1.82) is 0 Å². The Morgan fingerprint density at radius 2 is 1.91 bits per heavy atom. The maximum absolute atomic E-state index is 6.31. The van der Waals surface area contributed by atoms with E-state index in [1.165, 1.54) is 38.0 Å². The van der Waals surface area contributed by atoms with E-state index in [-0.39, 0.29) is 6.04 Å². The number of rotatable bonds is 5. The van der Waals surface area contributed by atoms with E-state index < -0.39 is 0 Å². The molecule has 1 aliphatic heterocycles. The summed E-state index contributed by atoms with van der Waals surface area (Å²) in [5.41, 5.74) is 14.4. The van der Waals surface area contributed by atoms with Crippen LogP contribution in [-0.4, -0.2) is 6.04 Å². The number of hydrogen-bond acceptors (Lipinski definition) is 4. The van der Waals surface area contributed by atoms with Gasteiger partial charge in [-0.25, -0.2) is 0 Å². The molecule has 22 heavy (non-hydrogen) atoms. The van der Waals surface area contributed by atoms with Crippen molar-refractivity contribution < 1.29 is 0 Å². The molecule has 4 heteroatoms. The molecule has 0 saturated heterocycles. The molecule has 116 valence electrons. The maximum Gasteiger partial charge on any atom is 0.0326 e. The van der Waals surface area contributed by atoms with Gasteiger partial charge in [0.15, 0.2) is 0 Å². The van der Waals surface area contributed by atoms with Gasteiger partial charge in [-0.2, -0.15) is 0 Å². The van der Waals surface area contributed by atoms with E-state index in [9.17, 15) is 0 Å². The van der Waals surface area contributed by atoms with Crippen LogP contribution < -0.4 is 11.5 Å². The number of unbranched alkanes of at least 4 members (excludes halogenated alkanes) is 1. The Balaban J connectivity index is 1.84. The highest BCUT2D eigenvalue weighted by molar-refractivity contribution is 8.05. The largest absolute Gasteiger partial charge is 0.399 e. The molecule has 0 bridgehead atoms. The van der Waals surface area contributed by atoms with Crippen LogP contribution in [0.15, 0.2) is 56.0 Å². The highest BCUT2D eigenvalue weighted by Gasteiger charge is 2.20. The topological polar surface area (TPSA) is 52.0 Å². The smallest absolute Gasteiger partial charge is 0.0326 e. The summed E-state index contributed by atoms with van der Waals surface area (Å²) in [4.78, 5) is 5.24. The van der Waals surface area contributed by atoms with E-state index in [0.717, 1.165) is 18.5 Å². The molecule has 2 aromatic carbocycles. The van der Waals surface area contributed by atoms with Gasteiger partial charge in [-0.3, -0.25) is 0 Å². The molecule has 0 amide bonds. The van der Waals surface area contributed by atoms with Gasteiger partial charge in [0, 0.05) is 31.3 Å². The van der Waals surface area contributed by atoms with E-state index in [2.05, 4.69) is 37.3 Å². The summed E-state index contributed by atoms with van der Waals surface area (Å²) in [6.45, 7) is 2.21. The van der Waals surface area contributed by atoms with Crippen LogP contribution in [0.4, 0.5) is 5.69 Å². The summed E-state index contributed by atoms with van der Waals surface area (Å²) < 4.78 is 0. The third kappa shape index (κ3) is 3.45. The zero-order chi connectivity index (χ0) is 15.5. The van der Waals surface area contributed by atoms with Crippen LogP contribution in [0.5, 0.6) is 0 Å². The standard InChI is InChI=1S/C18H22N2S2/c1-2-3-6-13(19)10-12-5-4-7-16-18(12)22-15-9-8-14(20)11-17(15)21-16/h4-5,7-9,11,13H,2-3,6,10,19-20H2,1H3. The monoisotopic (exact) mass is 330 g/mol. The summed E-state index contributed by atoms with van der Waals surface area (Å²) >= 11 is 3.67. The van der Waals surface area contributed by atoms with Gasteiger partial charge in [-0.1, -0.05) is 55.4 Å². The second kappa shape index (κ2) is 6.99. The number of fused-ring (bicyclic) bond motifs is 2. The van der Waals surface area contributed by atoms with Gasteiger partial charge < -0.3 is 11.5 Å². The molecule has 0 fully saturated rings. The SMILES string of the molecule is CCCCC(N)Cc1cccc2c1Sc1ccc(N)cc1S2. The highest BCUT2D eigenvalue weighted by Crippen LogP contribution is 2.50. The first-order valence-electron chi connectivity index (χ1n) is 7.80. The van der Waals surface area contributed by atoms with Gasteiger partial charge in [0.1, 0.15) is 0 Å². The third-order valence-electron chi connectivity index (χ3n) is 3.87. The van der Waals surface area contributed by atoms with Crippen LogP contribution in [0.1, 0.15) is 31.7 Å². The Bertz CT molecular complexity index is 670. The number of nitrogen functional groups attached to an aromatic ring is 1. The Labute approximate surface area is 141 Å². The molecule has 2 aromatic rings. The average Bonchev–Trinajstić information content (AvgIpc) is 2.51. The number of nitrogens with two attached hydrogens (primary N) is 2. The summed E-state index contributed by atoms with van der Waals surface area (Å²) in [6, 6.07) is 13.0. The quantitative estimate of drug-likeness (QED) is 0.650. The zero-order valence-corrected chi connectivity index (χ0v) is 14.5. The van der Waals surface area contributed by atoms with Crippen LogP contribution in [-0.2, 0) is 6.42 Å².